The van der Waals surface area contributed by atoms with Gasteiger partial charge >= 0.3 is 0 Å². The largest absolute Gasteiger partial charge is 0.377 e. The second-order valence-corrected chi connectivity index (χ2v) is 4.52. The van der Waals surface area contributed by atoms with Gasteiger partial charge in [-0.2, -0.15) is 0 Å². The van der Waals surface area contributed by atoms with Gasteiger partial charge in [0.15, 0.2) is 0 Å². The molecule has 0 radical (unpaired) electrons. The average molecular weight is 253 g/mol. The molecule has 1 rings (SSSR count). The Kier molecular flexibility index (Phi) is 6.91. The van der Waals surface area contributed by atoms with E-state index in [0.717, 1.165) is 18.5 Å². The Morgan fingerprint density at radius 2 is 2.00 bits per heavy atom. The predicted octanol–water partition coefficient (Wildman–Crippen LogP) is 3.16. The van der Waals surface area contributed by atoms with Crippen molar-refractivity contribution in [2.24, 2.45) is 0 Å². The molecular weight excluding hydrogens is 229 g/mol. The van der Waals surface area contributed by atoms with Crippen molar-refractivity contribution in [3.8, 4) is 0 Å². The molecule has 0 aliphatic heterocycles. The van der Waals surface area contributed by atoms with Crippen LogP contribution < -0.4 is 5.32 Å². The second-order valence-electron chi connectivity index (χ2n) is 4.52. The van der Waals surface area contributed by atoms with Crippen LogP contribution in [0.5, 0.6) is 0 Å². The Bertz CT molecular complexity index is 343. The number of hydrogen-bond acceptors (Lipinski definition) is 2. The Morgan fingerprint density at radius 3 is 2.61 bits per heavy atom. The summed E-state index contributed by atoms with van der Waals surface area (Å²) in [6.07, 6.45) is 1.81. The van der Waals surface area contributed by atoms with E-state index in [4.69, 9.17) is 4.74 Å². The minimum atomic E-state index is -0.135. The number of ether oxygens (including phenoxy) is 1. The van der Waals surface area contributed by atoms with Crippen molar-refractivity contribution in [2.75, 3.05) is 13.2 Å². The van der Waals surface area contributed by atoms with Crippen molar-refractivity contribution in [1.29, 1.82) is 0 Å². The highest BCUT2D eigenvalue weighted by molar-refractivity contribution is 5.18. The first-order valence-electron chi connectivity index (χ1n) is 6.77. The Balaban J connectivity index is 2.68. The molecule has 1 aromatic rings. The first kappa shape index (κ1) is 15.1. The Labute approximate surface area is 110 Å². The number of benzene rings is 1. The fraction of sp³-hybridized carbons (Fsp3) is 0.600. The van der Waals surface area contributed by atoms with Crippen LogP contribution in [0.4, 0.5) is 4.39 Å². The first-order valence-corrected chi connectivity index (χ1v) is 6.77. The molecular formula is C15H24FNO. The highest BCUT2D eigenvalue weighted by Gasteiger charge is 2.18. The molecule has 2 nitrogen and oxygen atoms in total. The molecule has 0 spiro atoms. The smallest absolute Gasteiger partial charge is 0.126 e. The van der Waals surface area contributed by atoms with Gasteiger partial charge in [0, 0.05) is 12.6 Å². The maximum Gasteiger partial charge on any atom is 0.126 e. The molecule has 2 atom stereocenters. The standard InChI is InChI=1S/C15H24FNO/c1-4-10-17-15(12(3)18-5-2)11-13-8-6-7-9-14(13)16/h6-9,12,15,17H,4-5,10-11H2,1-3H3. The Morgan fingerprint density at radius 1 is 1.28 bits per heavy atom. The van der Waals surface area contributed by atoms with Crippen molar-refractivity contribution in [1.82, 2.24) is 5.32 Å². The number of nitrogens with one attached hydrogen (secondary N) is 1. The van der Waals surface area contributed by atoms with E-state index in [0.29, 0.717) is 13.0 Å². The molecule has 0 saturated heterocycles. The molecule has 102 valence electrons. The van der Waals surface area contributed by atoms with E-state index in [9.17, 15) is 4.39 Å². The van der Waals surface area contributed by atoms with E-state index < -0.39 is 0 Å². The third kappa shape index (κ3) is 4.75. The van der Waals surface area contributed by atoms with Crippen LogP contribution in [-0.2, 0) is 11.2 Å². The quantitative estimate of drug-likeness (QED) is 0.768. The average Bonchev–Trinajstić information content (AvgIpc) is 2.36. The van der Waals surface area contributed by atoms with Crippen LogP contribution in [0.15, 0.2) is 24.3 Å². The summed E-state index contributed by atoms with van der Waals surface area (Å²) in [6.45, 7) is 7.76. The minimum Gasteiger partial charge on any atom is -0.377 e. The zero-order chi connectivity index (χ0) is 13.4. The predicted molar refractivity (Wildman–Crippen MR) is 73.3 cm³/mol. The van der Waals surface area contributed by atoms with Crippen LogP contribution >= 0.6 is 0 Å². The molecule has 3 heteroatoms. The van der Waals surface area contributed by atoms with E-state index in [1.54, 1.807) is 6.07 Å². The van der Waals surface area contributed by atoms with Crippen molar-refractivity contribution < 1.29 is 9.13 Å². The SMILES string of the molecule is CCCNC(Cc1ccccc1F)C(C)OCC. The summed E-state index contributed by atoms with van der Waals surface area (Å²) < 4.78 is 19.3. The molecule has 0 bridgehead atoms. The molecule has 18 heavy (non-hydrogen) atoms. The fourth-order valence-corrected chi connectivity index (χ4v) is 2.01. The molecule has 0 aliphatic carbocycles. The minimum absolute atomic E-state index is 0.0844. The van der Waals surface area contributed by atoms with E-state index in [1.165, 1.54) is 6.07 Å². The van der Waals surface area contributed by atoms with Gasteiger partial charge in [0.2, 0.25) is 0 Å². The van der Waals surface area contributed by atoms with Crippen molar-refractivity contribution in [2.45, 2.75) is 45.8 Å². The van der Waals surface area contributed by atoms with Crippen LogP contribution in [0.1, 0.15) is 32.8 Å². The molecule has 0 saturated carbocycles. The van der Waals surface area contributed by atoms with Crippen molar-refractivity contribution in [3.63, 3.8) is 0 Å². The Hall–Kier alpha value is -0.930. The highest BCUT2D eigenvalue weighted by atomic mass is 19.1. The van der Waals surface area contributed by atoms with Crippen LogP contribution in [0.2, 0.25) is 0 Å². The van der Waals surface area contributed by atoms with Crippen LogP contribution in [-0.4, -0.2) is 25.3 Å². The normalized spacial score (nSPS) is 14.4. The van der Waals surface area contributed by atoms with E-state index in [-0.39, 0.29) is 18.0 Å². The summed E-state index contributed by atoms with van der Waals surface area (Å²) in [6, 6.07) is 7.10. The van der Waals surface area contributed by atoms with Gasteiger partial charge in [0.1, 0.15) is 5.82 Å². The number of hydrogen-bond donors (Lipinski definition) is 1. The lowest BCUT2D eigenvalue weighted by Crippen LogP contribution is -2.42. The van der Waals surface area contributed by atoms with Gasteiger partial charge in [-0.3, -0.25) is 0 Å². The zero-order valence-corrected chi connectivity index (χ0v) is 11.6. The number of halogens is 1. The van der Waals surface area contributed by atoms with E-state index >= 15 is 0 Å². The van der Waals surface area contributed by atoms with Gasteiger partial charge in [-0.1, -0.05) is 25.1 Å². The van der Waals surface area contributed by atoms with Gasteiger partial charge in [-0.15, -0.1) is 0 Å². The summed E-state index contributed by atoms with van der Waals surface area (Å²) in [5.41, 5.74) is 0.748. The topological polar surface area (TPSA) is 21.3 Å². The third-order valence-corrected chi connectivity index (χ3v) is 3.05. The molecule has 0 aromatic heterocycles. The maximum absolute atomic E-state index is 13.7. The van der Waals surface area contributed by atoms with Gasteiger partial charge < -0.3 is 10.1 Å². The number of rotatable bonds is 8. The lowest BCUT2D eigenvalue weighted by atomic mass is 10.0. The lowest BCUT2D eigenvalue weighted by Gasteiger charge is -2.25. The fourth-order valence-electron chi connectivity index (χ4n) is 2.01. The van der Waals surface area contributed by atoms with Crippen LogP contribution in [0, 0.1) is 5.82 Å². The monoisotopic (exact) mass is 253 g/mol. The van der Waals surface area contributed by atoms with Crippen LogP contribution in [0.3, 0.4) is 0 Å². The second kappa shape index (κ2) is 8.22. The molecule has 0 amide bonds. The van der Waals surface area contributed by atoms with E-state index in [1.807, 2.05) is 26.0 Å². The van der Waals surface area contributed by atoms with Gasteiger partial charge in [-0.25, -0.2) is 4.39 Å². The summed E-state index contributed by atoms with van der Waals surface area (Å²) in [7, 11) is 0. The van der Waals surface area contributed by atoms with Crippen LogP contribution in [0.25, 0.3) is 0 Å². The van der Waals surface area contributed by atoms with Gasteiger partial charge in [0.05, 0.1) is 6.10 Å². The summed E-state index contributed by atoms with van der Waals surface area (Å²) >= 11 is 0. The molecule has 0 aliphatic rings. The first-order chi connectivity index (χ1) is 8.69. The molecule has 0 heterocycles. The van der Waals surface area contributed by atoms with Crippen molar-refractivity contribution >= 4 is 0 Å². The lowest BCUT2D eigenvalue weighted by molar-refractivity contribution is 0.0474. The summed E-state index contributed by atoms with van der Waals surface area (Å²) in [5.74, 6) is -0.135. The molecule has 1 aromatic carbocycles. The molecule has 0 fully saturated rings. The zero-order valence-electron chi connectivity index (χ0n) is 11.6. The summed E-state index contributed by atoms with van der Waals surface area (Å²) in [5, 5.41) is 3.44. The van der Waals surface area contributed by atoms with Gasteiger partial charge in [0.25, 0.3) is 0 Å². The molecule has 1 N–H and O–H groups in total. The summed E-state index contributed by atoms with van der Waals surface area (Å²) in [4.78, 5) is 0. The highest BCUT2D eigenvalue weighted by Crippen LogP contribution is 2.12. The maximum atomic E-state index is 13.7. The molecule has 2 unspecified atom stereocenters. The van der Waals surface area contributed by atoms with Crippen molar-refractivity contribution in [3.05, 3.63) is 35.6 Å². The van der Waals surface area contributed by atoms with E-state index in [2.05, 4.69) is 12.2 Å². The third-order valence-electron chi connectivity index (χ3n) is 3.05. The van der Waals surface area contributed by atoms with Gasteiger partial charge in [-0.05, 0) is 44.9 Å².